The van der Waals surface area contributed by atoms with Crippen LogP contribution in [0.3, 0.4) is 0 Å². The fraction of sp³-hybridized carbons (Fsp3) is 0.188. The second-order valence-electron chi connectivity index (χ2n) is 9.71. The van der Waals surface area contributed by atoms with Gasteiger partial charge in [0.05, 0.1) is 24.1 Å². The lowest BCUT2D eigenvalue weighted by Gasteiger charge is -2.32. The Balaban J connectivity index is 1.10. The molecule has 0 spiro atoms. The molecular weight excluding hydrogens is 506 g/mol. The summed E-state index contributed by atoms with van der Waals surface area (Å²) >= 11 is 0. The first-order valence-corrected chi connectivity index (χ1v) is 13.1. The van der Waals surface area contributed by atoms with E-state index in [9.17, 15) is 14.4 Å². The molecular formula is C32H29N3O5. The average Bonchev–Trinajstić information content (AvgIpc) is 3.01. The Labute approximate surface area is 232 Å². The van der Waals surface area contributed by atoms with Crippen LogP contribution in [-0.2, 0) is 0 Å². The standard InChI is InChI=1S/C32H29N3O5/c36-30(23-5-2-1-3-6-23)24-9-11-25(12-10-24)31(37)34-27-13-14-29(33-20-27)35-17-15-22(16-18-35)21-40-28-8-4-7-26(19-28)32(38)39/h1-14,19-20,22H,15-18,21H2,(H,34,37)(H,38,39). The van der Waals surface area contributed by atoms with Gasteiger partial charge in [0.25, 0.3) is 5.91 Å². The maximum atomic E-state index is 12.7. The fourth-order valence-corrected chi connectivity index (χ4v) is 4.64. The Kier molecular flexibility index (Phi) is 8.15. The first-order chi connectivity index (χ1) is 19.5. The average molecular weight is 536 g/mol. The fourth-order valence-electron chi connectivity index (χ4n) is 4.64. The van der Waals surface area contributed by atoms with Crippen molar-refractivity contribution in [2.45, 2.75) is 12.8 Å². The molecule has 0 aliphatic carbocycles. The van der Waals surface area contributed by atoms with Crippen LogP contribution in [0.5, 0.6) is 5.75 Å². The lowest BCUT2D eigenvalue weighted by molar-refractivity contribution is 0.0695. The number of rotatable bonds is 9. The van der Waals surface area contributed by atoms with Crippen molar-refractivity contribution in [1.82, 2.24) is 4.98 Å². The van der Waals surface area contributed by atoms with Gasteiger partial charge in [0.2, 0.25) is 0 Å². The van der Waals surface area contributed by atoms with Crippen LogP contribution in [0.25, 0.3) is 0 Å². The number of carboxylic acids is 1. The van der Waals surface area contributed by atoms with E-state index in [1.54, 1.807) is 66.9 Å². The Morgan fingerprint density at radius 3 is 2.17 bits per heavy atom. The summed E-state index contributed by atoms with van der Waals surface area (Å²) in [6.45, 7) is 2.20. The third-order valence-corrected chi connectivity index (χ3v) is 6.96. The number of nitrogens with one attached hydrogen (secondary N) is 1. The van der Waals surface area contributed by atoms with Crippen molar-refractivity contribution in [3.05, 3.63) is 119 Å². The number of carbonyl (C=O) groups excluding carboxylic acids is 2. The number of pyridine rings is 1. The minimum atomic E-state index is -0.970. The number of ether oxygens (including phenoxy) is 1. The summed E-state index contributed by atoms with van der Waals surface area (Å²) in [5.74, 6) is 0.450. The highest BCUT2D eigenvalue weighted by molar-refractivity contribution is 6.10. The molecule has 2 N–H and O–H groups in total. The summed E-state index contributed by atoms with van der Waals surface area (Å²) in [6, 6.07) is 25.9. The van der Waals surface area contributed by atoms with Gasteiger partial charge < -0.3 is 20.1 Å². The summed E-state index contributed by atoms with van der Waals surface area (Å²) in [4.78, 5) is 43.2. The summed E-state index contributed by atoms with van der Waals surface area (Å²) in [5, 5.41) is 12.0. The third-order valence-electron chi connectivity index (χ3n) is 6.96. The molecule has 1 aliphatic heterocycles. The number of benzene rings is 3. The number of ketones is 1. The smallest absolute Gasteiger partial charge is 0.335 e. The Bertz CT molecular complexity index is 1480. The Hall–Kier alpha value is -4.98. The van der Waals surface area contributed by atoms with Crippen molar-refractivity contribution in [2.75, 3.05) is 29.9 Å². The number of amides is 1. The molecule has 202 valence electrons. The topological polar surface area (TPSA) is 109 Å². The maximum Gasteiger partial charge on any atom is 0.335 e. The van der Waals surface area contributed by atoms with Crippen molar-refractivity contribution < 1.29 is 24.2 Å². The normalized spacial score (nSPS) is 13.4. The molecule has 0 saturated carbocycles. The Morgan fingerprint density at radius 2 is 1.50 bits per heavy atom. The van der Waals surface area contributed by atoms with Gasteiger partial charge in [0.1, 0.15) is 11.6 Å². The number of nitrogens with zero attached hydrogens (tertiary/aromatic N) is 2. The van der Waals surface area contributed by atoms with E-state index < -0.39 is 5.97 Å². The van der Waals surface area contributed by atoms with Gasteiger partial charge in [-0.2, -0.15) is 0 Å². The van der Waals surface area contributed by atoms with Crippen LogP contribution in [0.15, 0.2) is 97.2 Å². The van der Waals surface area contributed by atoms with E-state index in [1.165, 1.54) is 0 Å². The molecule has 1 fully saturated rings. The minimum absolute atomic E-state index is 0.0885. The van der Waals surface area contributed by atoms with E-state index in [4.69, 9.17) is 9.84 Å². The van der Waals surface area contributed by atoms with Gasteiger partial charge in [-0.15, -0.1) is 0 Å². The highest BCUT2D eigenvalue weighted by Gasteiger charge is 2.21. The van der Waals surface area contributed by atoms with Crippen LogP contribution in [0.1, 0.15) is 49.5 Å². The molecule has 1 amide bonds. The maximum absolute atomic E-state index is 12.7. The zero-order valence-corrected chi connectivity index (χ0v) is 21.8. The molecule has 1 saturated heterocycles. The quantitative estimate of drug-likeness (QED) is 0.270. The van der Waals surface area contributed by atoms with E-state index in [2.05, 4.69) is 15.2 Å². The second kappa shape index (κ2) is 12.3. The van der Waals surface area contributed by atoms with E-state index >= 15 is 0 Å². The first kappa shape index (κ1) is 26.6. The van der Waals surface area contributed by atoms with Crippen molar-refractivity contribution in [3.63, 3.8) is 0 Å². The van der Waals surface area contributed by atoms with Gasteiger partial charge in [-0.05, 0) is 61.2 Å². The molecule has 0 unspecified atom stereocenters. The monoisotopic (exact) mass is 535 g/mol. The predicted molar refractivity (Wildman–Crippen MR) is 152 cm³/mol. The van der Waals surface area contributed by atoms with E-state index in [0.29, 0.717) is 40.7 Å². The van der Waals surface area contributed by atoms with Crippen LogP contribution in [-0.4, -0.2) is 47.4 Å². The summed E-state index contributed by atoms with van der Waals surface area (Å²) in [5.41, 5.74) is 2.38. The summed E-state index contributed by atoms with van der Waals surface area (Å²) in [6.07, 6.45) is 3.51. The molecule has 2 heterocycles. The van der Waals surface area contributed by atoms with Crippen molar-refractivity contribution >= 4 is 29.2 Å². The number of anilines is 2. The van der Waals surface area contributed by atoms with E-state index in [1.807, 2.05) is 30.3 Å². The summed E-state index contributed by atoms with van der Waals surface area (Å²) in [7, 11) is 0. The number of hydrogen-bond donors (Lipinski definition) is 2. The van der Waals surface area contributed by atoms with Crippen molar-refractivity contribution in [2.24, 2.45) is 5.92 Å². The van der Waals surface area contributed by atoms with Crippen molar-refractivity contribution in [3.8, 4) is 5.75 Å². The molecule has 8 heteroatoms. The van der Waals surface area contributed by atoms with Crippen LogP contribution in [0.2, 0.25) is 0 Å². The van der Waals surface area contributed by atoms with Crippen molar-refractivity contribution in [1.29, 1.82) is 0 Å². The molecule has 0 atom stereocenters. The highest BCUT2D eigenvalue weighted by Crippen LogP contribution is 2.24. The van der Waals surface area contributed by atoms with Crippen LogP contribution in [0.4, 0.5) is 11.5 Å². The molecule has 0 bridgehead atoms. The van der Waals surface area contributed by atoms with Gasteiger partial charge in [0, 0.05) is 29.8 Å². The zero-order chi connectivity index (χ0) is 27.9. The first-order valence-electron chi connectivity index (χ1n) is 13.1. The number of carbonyl (C=O) groups is 3. The minimum Gasteiger partial charge on any atom is -0.493 e. The SMILES string of the molecule is O=C(O)c1cccc(OCC2CCN(c3ccc(NC(=O)c4ccc(C(=O)c5ccccc5)cc4)cn3)CC2)c1. The number of hydrogen-bond acceptors (Lipinski definition) is 6. The molecule has 8 nitrogen and oxygen atoms in total. The highest BCUT2D eigenvalue weighted by atomic mass is 16.5. The summed E-state index contributed by atoms with van der Waals surface area (Å²) < 4.78 is 5.85. The number of carboxylic acid groups (broad SMARTS) is 1. The predicted octanol–water partition coefficient (Wildman–Crippen LogP) is 5.56. The molecule has 40 heavy (non-hydrogen) atoms. The van der Waals surface area contributed by atoms with E-state index in [-0.39, 0.29) is 17.3 Å². The van der Waals surface area contributed by atoms with Gasteiger partial charge in [0.15, 0.2) is 5.78 Å². The second-order valence-corrected chi connectivity index (χ2v) is 9.71. The van der Waals surface area contributed by atoms with Gasteiger partial charge >= 0.3 is 5.97 Å². The largest absolute Gasteiger partial charge is 0.493 e. The Morgan fingerprint density at radius 1 is 0.825 bits per heavy atom. The van der Waals surface area contributed by atoms with Gasteiger partial charge in [-0.1, -0.05) is 48.5 Å². The third kappa shape index (κ3) is 6.53. The molecule has 3 aromatic carbocycles. The number of aromatic carboxylic acids is 1. The zero-order valence-electron chi connectivity index (χ0n) is 21.8. The molecule has 1 aromatic heterocycles. The lowest BCUT2D eigenvalue weighted by atomic mass is 9.98. The van der Waals surface area contributed by atoms with Crippen LogP contribution < -0.4 is 15.0 Å². The van der Waals surface area contributed by atoms with Crippen LogP contribution >= 0.6 is 0 Å². The molecule has 5 rings (SSSR count). The van der Waals surface area contributed by atoms with E-state index in [0.717, 1.165) is 31.7 Å². The number of piperidine rings is 1. The van der Waals surface area contributed by atoms with Gasteiger partial charge in [-0.3, -0.25) is 9.59 Å². The van der Waals surface area contributed by atoms with Gasteiger partial charge in [-0.25, -0.2) is 9.78 Å². The molecule has 1 aliphatic rings. The molecule has 4 aromatic rings. The van der Waals surface area contributed by atoms with Crippen LogP contribution in [0, 0.1) is 5.92 Å². The lowest BCUT2D eigenvalue weighted by Crippen LogP contribution is -2.36. The number of aromatic nitrogens is 1. The molecule has 0 radical (unpaired) electrons.